The van der Waals surface area contributed by atoms with E-state index in [1.807, 2.05) is 48.5 Å². The van der Waals surface area contributed by atoms with E-state index >= 15 is 0 Å². The fraction of sp³-hybridized carbons (Fsp3) is 0.909. The predicted octanol–water partition coefficient (Wildman–Crippen LogP) is 3.17. The Morgan fingerprint density at radius 3 is 1.08 bits per heavy atom. The van der Waals surface area contributed by atoms with Gasteiger partial charge in [-0.25, -0.2) is 0 Å². The van der Waals surface area contributed by atoms with Gasteiger partial charge in [0, 0.05) is 0 Å². The molecular formula is C11H22O2. The van der Waals surface area contributed by atoms with Crippen LogP contribution in [0.15, 0.2) is 0 Å². The lowest BCUT2D eigenvalue weighted by Gasteiger charge is -2.47. The zero-order valence-corrected chi connectivity index (χ0v) is 9.86. The van der Waals surface area contributed by atoms with Gasteiger partial charge in [-0.3, -0.25) is 4.79 Å². The monoisotopic (exact) mass is 186 g/mol. The lowest BCUT2D eigenvalue weighted by Crippen LogP contribution is -2.49. The van der Waals surface area contributed by atoms with E-state index < -0.39 is 11.4 Å². The van der Waals surface area contributed by atoms with Crippen LogP contribution in [0.5, 0.6) is 0 Å². The van der Waals surface area contributed by atoms with E-state index in [0.717, 1.165) is 0 Å². The molecule has 0 saturated carbocycles. The Morgan fingerprint density at radius 1 is 0.846 bits per heavy atom. The van der Waals surface area contributed by atoms with Crippen LogP contribution in [0.25, 0.3) is 0 Å². The summed E-state index contributed by atoms with van der Waals surface area (Å²) in [6.45, 7) is 13.7. The molecule has 13 heavy (non-hydrogen) atoms. The predicted molar refractivity (Wildman–Crippen MR) is 54.7 cm³/mol. The first kappa shape index (κ1) is 12.5. The second-order valence-electron chi connectivity index (χ2n) is 5.93. The topological polar surface area (TPSA) is 37.3 Å². The minimum absolute atomic E-state index is 0.239. The molecule has 0 aliphatic rings. The number of carbonyl (C=O) groups is 1. The van der Waals surface area contributed by atoms with Crippen molar-refractivity contribution in [2.24, 2.45) is 16.2 Å². The van der Waals surface area contributed by atoms with Crippen molar-refractivity contribution in [2.75, 3.05) is 0 Å². The van der Waals surface area contributed by atoms with Gasteiger partial charge >= 0.3 is 5.97 Å². The summed E-state index contributed by atoms with van der Waals surface area (Å²) in [5, 5.41) is 9.30. The van der Waals surface area contributed by atoms with Crippen LogP contribution in [0.2, 0.25) is 0 Å². The average Bonchev–Trinajstić information content (AvgIpc) is 1.80. The zero-order valence-electron chi connectivity index (χ0n) is 9.86. The lowest BCUT2D eigenvalue weighted by atomic mass is 9.55. The highest BCUT2D eigenvalue weighted by Gasteiger charge is 2.52. The van der Waals surface area contributed by atoms with Crippen LogP contribution in [0, 0.1) is 16.2 Å². The standard InChI is InChI=1S/C11H22O2/c1-9(2,3)11(7,8(12)13)10(4,5)6/h1-7H3,(H,12,13). The molecule has 0 aromatic rings. The van der Waals surface area contributed by atoms with Crippen molar-refractivity contribution >= 4 is 5.97 Å². The molecule has 1 N–H and O–H groups in total. The molecule has 0 fully saturated rings. The molecule has 78 valence electrons. The molecule has 0 aromatic carbocycles. The minimum atomic E-state index is -0.715. The third-order valence-corrected chi connectivity index (χ3v) is 3.43. The Labute approximate surface area is 81.3 Å². The summed E-state index contributed by atoms with van der Waals surface area (Å²) in [5.74, 6) is -0.715. The quantitative estimate of drug-likeness (QED) is 0.683. The Morgan fingerprint density at radius 2 is 1.08 bits per heavy atom. The van der Waals surface area contributed by atoms with Gasteiger partial charge in [0.05, 0.1) is 5.41 Å². The van der Waals surface area contributed by atoms with E-state index in [-0.39, 0.29) is 10.8 Å². The van der Waals surface area contributed by atoms with E-state index in [2.05, 4.69) is 0 Å². The molecule has 0 unspecified atom stereocenters. The van der Waals surface area contributed by atoms with Gasteiger partial charge in [0.1, 0.15) is 0 Å². The molecule has 0 spiro atoms. The summed E-state index contributed by atoms with van der Waals surface area (Å²) in [5.41, 5.74) is -1.19. The maximum Gasteiger partial charge on any atom is 0.310 e. The van der Waals surface area contributed by atoms with Gasteiger partial charge in [-0.05, 0) is 17.8 Å². The first-order valence-corrected chi connectivity index (χ1v) is 4.68. The Bertz CT molecular complexity index is 189. The molecule has 0 bridgehead atoms. The largest absolute Gasteiger partial charge is 0.481 e. The fourth-order valence-electron chi connectivity index (χ4n) is 1.77. The molecule has 0 saturated heterocycles. The maximum atomic E-state index is 11.3. The summed E-state index contributed by atoms with van der Waals surface area (Å²) in [7, 11) is 0. The van der Waals surface area contributed by atoms with Gasteiger partial charge in [0.15, 0.2) is 0 Å². The SMILES string of the molecule is CC(C)(C)C(C)(C(=O)O)C(C)(C)C. The van der Waals surface area contributed by atoms with E-state index in [1.54, 1.807) is 0 Å². The highest BCUT2D eigenvalue weighted by atomic mass is 16.4. The Hall–Kier alpha value is -0.530. The fourth-order valence-corrected chi connectivity index (χ4v) is 1.77. The number of hydrogen-bond donors (Lipinski definition) is 1. The first-order valence-electron chi connectivity index (χ1n) is 4.68. The Kier molecular flexibility index (Phi) is 2.88. The van der Waals surface area contributed by atoms with Crippen molar-refractivity contribution in [1.82, 2.24) is 0 Å². The molecule has 0 aromatic heterocycles. The van der Waals surface area contributed by atoms with Crippen molar-refractivity contribution < 1.29 is 9.90 Å². The second kappa shape index (κ2) is 3.00. The van der Waals surface area contributed by atoms with Crippen molar-refractivity contribution in [3.63, 3.8) is 0 Å². The molecule has 0 aliphatic carbocycles. The van der Waals surface area contributed by atoms with Crippen LogP contribution in [0.3, 0.4) is 0 Å². The van der Waals surface area contributed by atoms with Gasteiger partial charge in [0.2, 0.25) is 0 Å². The molecular weight excluding hydrogens is 164 g/mol. The van der Waals surface area contributed by atoms with Gasteiger partial charge < -0.3 is 5.11 Å². The molecule has 2 heteroatoms. The second-order valence-corrected chi connectivity index (χ2v) is 5.93. The van der Waals surface area contributed by atoms with E-state index in [1.165, 1.54) is 0 Å². The smallest absolute Gasteiger partial charge is 0.310 e. The third kappa shape index (κ3) is 1.87. The van der Waals surface area contributed by atoms with Gasteiger partial charge in [-0.1, -0.05) is 41.5 Å². The van der Waals surface area contributed by atoms with Crippen LogP contribution < -0.4 is 0 Å². The first-order chi connectivity index (χ1) is 5.44. The van der Waals surface area contributed by atoms with E-state index in [9.17, 15) is 9.90 Å². The minimum Gasteiger partial charge on any atom is -0.481 e. The van der Waals surface area contributed by atoms with Crippen molar-refractivity contribution in [1.29, 1.82) is 0 Å². The summed E-state index contributed by atoms with van der Waals surface area (Å²) < 4.78 is 0. The molecule has 0 amide bonds. The van der Waals surface area contributed by atoms with Crippen LogP contribution in [0.1, 0.15) is 48.5 Å². The Balaban J connectivity index is 5.35. The summed E-state index contributed by atoms with van der Waals surface area (Å²) in [6, 6.07) is 0. The normalized spacial score (nSPS) is 14.4. The van der Waals surface area contributed by atoms with Gasteiger partial charge in [0.25, 0.3) is 0 Å². The van der Waals surface area contributed by atoms with Crippen molar-refractivity contribution in [2.45, 2.75) is 48.5 Å². The average molecular weight is 186 g/mol. The van der Waals surface area contributed by atoms with Gasteiger partial charge in [-0.2, -0.15) is 0 Å². The van der Waals surface area contributed by atoms with Crippen molar-refractivity contribution in [3.05, 3.63) is 0 Å². The number of aliphatic carboxylic acids is 1. The number of rotatable bonds is 1. The van der Waals surface area contributed by atoms with Crippen LogP contribution in [-0.4, -0.2) is 11.1 Å². The molecule has 0 aliphatic heterocycles. The van der Waals surface area contributed by atoms with E-state index in [4.69, 9.17) is 0 Å². The molecule has 0 atom stereocenters. The highest BCUT2D eigenvalue weighted by Crippen LogP contribution is 2.51. The number of hydrogen-bond acceptors (Lipinski definition) is 1. The van der Waals surface area contributed by atoms with Crippen molar-refractivity contribution in [3.8, 4) is 0 Å². The van der Waals surface area contributed by atoms with E-state index in [0.29, 0.717) is 0 Å². The summed E-state index contributed by atoms with van der Waals surface area (Å²) >= 11 is 0. The highest BCUT2D eigenvalue weighted by molar-refractivity contribution is 5.76. The number of carboxylic acids is 1. The molecule has 2 nitrogen and oxygen atoms in total. The third-order valence-electron chi connectivity index (χ3n) is 3.43. The van der Waals surface area contributed by atoms with Crippen LogP contribution in [0.4, 0.5) is 0 Å². The summed E-state index contributed by atoms with van der Waals surface area (Å²) in [6.07, 6.45) is 0. The molecule has 0 radical (unpaired) electrons. The zero-order chi connectivity index (χ0) is 11.1. The summed E-state index contributed by atoms with van der Waals surface area (Å²) in [4.78, 5) is 11.3. The van der Waals surface area contributed by atoms with Crippen LogP contribution in [-0.2, 0) is 4.79 Å². The molecule has 0 rings (SSSR count). The lowest BCUT2D eigenvalue weighted by molar-refractivity contribution is -0.165. The molecule has 0 heterocycles. The maximum absolute atomic E-state index is 11.3. The number of carboxylic acid groups (broad SMARTS) is 1. The van der Waals surface area contributed by atoms with Gasteiger partial charge in [-0.15, -0.1) is 0 Å². The van der Waals surface area contributed by atoms with Crippen LogP contribution >= 0.6 is 0 Å².